The van der Waals surface area contributed by atoms with Gasteiger partial charge in [-0.25, -0.2) is 0 Å². The lowest BCUT2D eigenvalue weighted by molar-refractivity contribution is -0.403. The SMILES string of the molecule is CC(=O)OC[C@@H](OC(C)=O)[C@@H](OC(C)=O)[C@@H](/C=C/[N+](=O)[O-])OC(C)=O. The van der Waals surface area contributed by atoms with Crippen molar-refractivity contribution in [2.24, 2.45) is 0 Å². The molecule has 0 unspecified atom stereocenters. The fourth-order valence-corrected chi connectivity index (χ4v) is 1.72. The molecule has 0 fully saturated rings. The molecule has 25 heavy (non-hydrogen) atoms. The normalized spacial score (nSPS) is 14.1. The van der Waals surface area contributed by atoms with Crippen molar-refractivity contribution in [2.75, 3.05) is 6.61 Å². The zero-order valence-electron chi connectivity index (χ0n) is 14.1. The molecule has 0 heterocycles. The average Bonchev–Trinajstić information content (AvgIpc) is 2.44. The fraction of sp³-hybridized carbons (Fsp3) is 0.571. The highest BCUT2D eigenvalue weighted by atomic mass is 16.6. The number of esters is 4. The molecule has 0 spiro atoms. The topological polar surface area (TPSA) is 148 Å². The van der Waals surface area contributed by atoms with Gasteiger partial charge in [0.05, 0.1) is 4.92 Å². The van der Waals surface area contributed by atoms with Gasteiger partial charge in [0.2, 0.25) is 6.20 Å². The van der Waals surface area contributed by atoms with Crippen LogP contribution in [-0.4, -0.2) is 53.7 Å². The average molecular weight is 361 g/mol. The Labute approximate surface area is 143 Å². The van der Waals surface area contributed by atoms with Crippen molar-refractivity contribution in [3.63, 3.8) is 0 Å². The predicted molar refractivity (Wildman–Crippen MR) is 79.4 cm³/mol. The molecule has 0 rings (SSSR count). The number of rotatable bonds is 9. The zero-order valence-corrected chi connectivity index (χ0v) is 14.1. The molecule has 3 atom stereocenters. The second kappa shape index (κ2) is 10.7. The highest BCUT2D eigenvalue weighted by Crippen LogP contribution is 2.16. The van der Waals surface area contributed by atoms with Crippen LogP contribution >= 0.6 is 0 Å². The molecule has 0 saturated carbocycles. The molecule has 0 radical (unpaired) electrons. The number of carbonyl (C=O) groups is 4. The van der Waals surface area contributed by atoms with Gasteiger partial charge in [-0.3, -0.25) is 29.3 Å². The lowest BCUT2D eigenvalue weighted by Crippen LogP contribution is -2.46. The van der Waals surface area contributed by atoms with Crippen LogP contribution in [0.3, 0.4) is 0 Å². The van der Waals surface area contributed by atoms with Crippen LogP contribution in [-0.2, 0) is 38.1 Å². The molecule has 0 aromatic carbocycles. The first-order valence-electron chi connectivity index (χ1n) is 6.99. The summed E-state index contributed by atoms with van der Waals surface area (Å²) in [5, 5.41) is 10.5. The molecule has 11 nitrogen and oxygen atoms in total. The maximum absolute atomic E-state index is 11.3. The number of ether oxygens (including phenoxy) is 4. The van der Waals surface area contributed by atoms with Crippen LogP contribution in [0.2, 0.25) is 0 Å². The van der Waals surface area contributed by atoms with E-state index in [9.17, 15) is 29.3 Å². The minimum absolute atomic E-state index is 0.473. The van der Waals surface area contributed by atoms with Crippen LogP contribution in [0.15, 0.2) is 12.3 Å². The van der Waals surface area contributed by atoms with Crippen LogP contribution in [0.25, 0.3) is 0 Å². The van der Waals surface area contributed by atoms with Crippen LogP contribution in [0.1, 0.15) is 27.7 Å². The van der Waals surface area contributed by atoms with Crippen LogP contribution < -0.4 is 0 Å². The minimum atomic E-state index is -1.47. The summed E-state index contributed by atoms with van der Waals surface area (Å²) in [4.78, 5) is 54.5. The summed E-state index contributed by atoms with van der Waals surface area (Å²) in [6.07, 6.45) is -2.96. The Morgan fingerprint density at radius 1 is 0.920 bits per heavy atom. The van der Waals surface area contributed by atoms with E-state index in [1.165, 1.54) is 0 Å². The Hall–Kier alpha value is -2.98. The van der Waals surface area contributed by atoms with E-state index >= 15 is 0 Å². The predicted octanol–water partition coefficient (Wildman–Crippen LogP) is 0.135. The van der Waals surface area contributed by atoms with Crippen LogP contribution in [0.4, 0.5) is 0 Å². The molecule has 0 bridgehead atoms. The molecular weight excluding hydrogens is 342 g/mol. The zero-order chi connectivity index (χ0) is 19.6. The molecule has 0 aliphatic carbocycles. The Balaban J connectivity index is 5.72. The van der Waals surface area contributed by atoms with Gasteiger partial charge in [0.1, 0.15) is 6.61 Å². The van der Waals surface area contributed by atoms with E-state index in [2.05, 4.69) is 0 Å². The number of hydrogen-bond donors (Lipinski definition) is 0. The standard InChI is InChI=1S/C14H19NO10/c1-8(16)22-7-13(24-10(3)18)14(25-11(4)19)12(23-9(2)17)5-6-15(20)21/h5-6,12-14H,7H2,1-4H3/b6-5+/t12-,13-,14+/m1/s1. The quantitative estimate of drug-likeness (QED) is 0.240. The molecule has 0 saturated heterocycles. The molecular formula is C14H19NO10. The lowest BCUT2D eigenvalue weighted by Gasteiger charge is -2.29. The summed E-state index contributed by atoms with van der Waals surface area (Å²) in [7, 11) is 0. The lowest BCUT2D eigenvalue weighted by atomic mass is 10.1. The maximum Gasteiger partial charge on any atom is 0.303 e. The van der Waals surface area contributed by atoms with Crippen molar-refractivity contribution in [3.8, 4) is 0 Å². The van der Waals surface area contributed by atoms with E-state index in [4.69, 9.17) is 18.9 Å². The fourth-order valence-electron chi connectivity index (χ4n) is 1.72. The summed E-state index contributed by atoms with van der Waals surface area (Å²) in [5.74, 6) is -3.17. The van der Waals surface area contributed by atoms with Crippen LogP contribution in [0.5, 0.6) is 0 Å². The Morgan fingerprint density at radius 3 is 1.84 bits per heavy atom. The monoisotopic (exact) mass is 361 g/mol. The van der Waals surface area contributed by atoms with E-state index in [1.54, 1.807) is 0 Å². The van der Waals surface area contributed by atoms with E-state index < -0.39 is 53.7 Å². The van der Waals surface area contributed by atoms with Crippen molar-refractivity contribution in [3.05, 3.63) is 22.4 Å². The summed E-state index contributed by atoms with van der Waals surface area (Å²) in [6, 6.07) is 0. The number of hydrogen-bond acceptors (Lipinski definition) is 10. The molecule has 11 heteroatoms. The van der Waals surface area contributed by atoms with Crippen molar-refractivity contribution < 1.29 is 43.0 Å². The number of nitrogens with zero attached hydrogens (tertiary/aromatic N) is 1. The van der Waals surface area contributed by atoms with Crippen molar-refractivity contribution in [1.82, 2.24) is 0 Å². The van der Waals surface area contributed by atoms with E-state index in [0.29, 0.717) is 6.20 Å². The smallest absolute Gasteiger partial charge is 0.303 e. The van der Waals surface area contributed by atoms with Gasteiger partial charge in [-0.15, -0.1) is 0 Å². The summed E-state index contributed by atoms with van der Waals surface area (Å²) < 4.78 is 19.6. The summed E-state index contributed by atoms with van der Waals surface area (Å²) in [5.41, 5.74) is 0. The maximum atomic E-state index is 11.3. The van der Waals surface area contributed by atoms with E-state index in [0.717, 1.165) is 33.8 Å². The molecule has 0 aromatic heterocycles. The first-order valence-corrected chi connectivity index (χ1v) is 6.99. The van der Waals surface area contributed by atoms with Gasteiger partial charge in [-0.1, -0.05) is 0 Å². The number of nitro groups is 1. The van der Waals surface area contributed by atoms with Gasteiger partial charge in [0.15, 0.2) is 18.3 Å². The van der Waals surface area contributed by atoms with E-state index in [1.807, 2.05) is 0 Å². The van der Waals surface area contributed by atoms with Gasteiger partial charge in [0.25, 0.3) is 0 Å². The van der Waals surface area contributed by atoms with Gasteiger partial charge in [-0.2, -0.15) is 0 Å². The molecule has 140 valence electrons. The molecule has 0 N–H and O–H groups in total. The van der Waals surface area contributed by atoms with Gasteiger partial charge < -0.3 is 18.9 Å². The molecule has 0 aromatic rings. The highest BCUT2D eigenvalue weighted by molar-refractivity contribution is 5.69. The van der Waals surface area contributed by atoms with Crippen molar-refractivity contribution in [1.29, 1.82) is 0 Å². The molecule has 0 aliphatic rings. The molecule has 0 aliphatic heterocycles. The van der Waals surface area contributed by atoms with Gasteiger partial charge in [0, 0.05) is 33.8 Å². The van der Waals surface area contributed by atoms with Gasteiger partial charge in [-0.05, 0) is 0 Å². The first kappa shape index (κ1) is 22.0. The Kier molecular flexibility index (Phi) is 9.45. The molecule has 0 amide bonds. The van der Waals surface area contributed by atoms with E-state index in [-0.39, 0.29) is 0 Å². The third-order valence-electron chi connectivity index (χ3n) is 2.46. The second-order valence-corrected chi connectivity index (χ2v) is 4.73. The third kappa shape index (κ3) is 10.4. The summed E-state index contributed by atoms with van der Waals surface area (Å²) >= 11 is 0. The van der Waals surface area contributed by atoms with Crippen molar-refractivity contribution >= 4 is 23.9 Å². The summed E-state index contributed by atoms with van der Waals surface area (Å²) in [6.45, 7) is 3.70. The van der Waals surface area contributed by atoms with Crippen molar-refractivity contribution in [2.45, 2.75) is 46.0 Å². The van der Waals surface area contributed by atoms with Crippen LogP contribution in [0, 0.1) is 10.1 Å². The Bertz CT molecular complexity index is 556. The largest absolute Gasteiger partial charge is 0.462 e. The minimum Gasteiger partial charge on any atom is -0.462 e. The highest BCUT2D eigenvalue weighted by Gasteiger charge is 2.37. The first-order chi connectivity index (χ1) is 11.5. The van der Waals surface area contributed by atoms with Gasteiger partial charge >= 0.3 is 23.9 Å². The third-order valence-corrected chi connectivity index (χ3v) is 2.46. The second-order valence-electron chi connectivity index (χ2n) is 4.73. The number of carbonyl (C=O) groups excluding carboxylic acids is 4. The Morgan fingerprint density at radius 2 is 1.44 bits per heavy atom.